The summed E-state index contributed by atoms with van der Waals surface area (Å²) in [6.07, 6.45) is 3.51. The van der Waals surface area contributed by atoms with E-state index in [0.717, 1.165) is 25.9 Å². The smallest absolute Gasteiger partial charge is 0.328 e. The molecule has 21 heavy (non-hydrogen) atoms. The first-order valence-electron chi connectivity index (χ1n) is 6.90. The van der Waals surface area contributed by atoms with E-state index >= 15 is 0 Å². The van der Waals surface area contributed by atoms with Gasteiger partial charge in [-0.25, -0.2) is 0 Å². The number of benzene rings is 1. The third-order valence-corrected chi connectivity index (χ3v) is 3.50. The fourth-order valence-electron chi connectivity index (χ4n) is 2.28. The molecular formula is C14H16ClN5O. The van der Waals surface area contributed by atoms with Crippen LogP contribution in [0, 0.1) is 0 Å². The first kappa shape index (κ1) is 13.9. The van der Waals surface area contributed by atoms with Gasteiger partial charge in [-0.3, -0.25) is 0 Å². The minimum absolute atomic E-state index is 0.155. The summed E-state index contributed by atoms with van der Waals surface area (Å²) in [5, 5.41) is 0.589. The van der Waals surface area contributed by atoms with E-state index in [1.54, 1.807) is 24.3 Å². The van der Waals surface area contributed by atoms with Gasteiger partial charge in [-0.1, -0.05) is 17.7 Å². The SMILES string of the molecule is Nc1nc(Oc2cccc(Cl)c2)nc(N2CCCCC2)n1. The van der Waals surface area contributed by atoms with Crippen LogP contribution in [0.3, 0.4) is 0 Å². The van der Waals surface area contributed by atoms with E-state index in [-0.39, 0.29) is 12.0 Å². The summed E-state index contributed by atoms with van der Waals surface area (Å²) in [5.41, 5.74) is 5.75. The lowest BCUT2D eigenvalue weighted by Crippen LogP contribution is -2.31. The number of aromatic nitrogens is 3. The number of anilines is 2. The minimum Gasteiger partial charge on any atom is -0.424 e. The van der Waals surface area contributed by atoms with Crippen LogP contribution in [0.25, 0.3) is 0 Å². The van der Waals surface area contributed by atoms with Crippen LogP contribution in [-0.4, -0.2) is 28.0 Å². The lowest BCUT2D eigenvalue weighted by atomic mass is 10.1. The maximum Gasteiger partial charge on any atom is 0.328 e. The highest BCUT2D eigenvalue weighted by Gasteiger charge is 2.16. The van der Waals surface area contributed by atoms with Crippen molar-refractivity contribution in [1.82, 2.24) is 15.0 Å². The molecule has 0 aliphatic carbocycles. The summed E-state index contributed by atoms with van der Waals surface area (Å²) < 4.78 is 5.62. The average Bonchev–Trinajstić information content (AvgIpc) is 2.47. The highest BCUT2D eigenvalue weighted by atomic mass is 35.5. The van der Waals surface area contributed by atoms with Gasteiger partial charge in [-0.05, 0) is 37.5 Å². The predicted octanol–water partition coefficient (Wildman–Crippen LogP) is 2.89. The van der Waals surface area contributed by atoms with Crippen LogP contribution >= 0.6 is 11.6 Å². The molecule has 1 aliphatic rings. The van der Waals surface area contributed by atoms with Gasteiger partial charge in [0.2, 0.25) is 11.9 Å². The maximum absolute atomic E-state index is 5.93. The Kier molecular flexibility index (Phi) is 4.06. The predicted molar refractivity (Wildman–Crippen MR) is 81.8 cm³/mol. The van der Waals surface area contributed by atoms with Crippen LogP contribution in [-0.2, 0) is 0 Å². The van der Waals surface area contributed by atoms with Gasteiger partial charge in [0.05, 0.1) is 0 Å². The topological polar surface area (TPSA) is 77.2 Å². The van der Waals surface area contributed by atoms with Crippen LogP contribution in [0.1, 0.15) is 19.3 Å². The molecule has 2 aromatic rings. The van der Waals surface area contributed by atoms with Crippen LogP contribution in [0.5, 0.6) is 11.8 Å². The normalized spacial score (nSPS) is 15.0. The summed E-state index contributed by atoms with van der Waals surface area (Å²) in [4.78, 5) is 14.7. The largest absolute Gasteiger partial charge is 0.424 e. The Morgan fingerprint density at radius 1 is 1.10 bits per heavy atom. The molecule has 0 amide bonds. The summed E-state index contributed by atoms with van der Waals surface area (Å²) in [5.74, 6) is 1.29. The minimum atomic E-state index is 0.155. The second kappa shape index (κ2) is 6.13. The van der Waals surface area contributed by atoms with Gasteiger partial charge in [0.1, 0.15) is 5.75 Å². The molecule has 1 aromatic heterocycles. The van der Waals surface area contributed by atoms with Gasteiger partial charge in [-0.15, -0.1) is 0 Å². The Morgan fingerprint density at radius 2 is 1.90 bits per heavy atom. The molecule has 7 heteroatoms. The highest BCUT2D eigenvalue weighted by Crippen LogP contribution is 2.24. The average molecular weight is 306 g/mol. The Labute approximate surface area is 127 Å². The maximum atomic E-state index is 5.93. The lowest BCUT2D eigenvalue weighted by molar-refractivity contribution is 0.439. The molecule has 0 spiro atoms. The monoisotopic (exact) mass is 305 g/mol. The molecule has 0 atom stereocenters. The van der Waals surface area contributed by atoms with E-state index in [2.05, 4.69) is 19.9 Å². The third kappa shape index (κ3) is 3.52. The van der Waals surface area contributed by atoms with E-state index in [4.69, 9.17) is 22.1 Å². The molecule has 1 saturated heterocycles. The first-order valence-corrected chi connectivity index (χ1v) is 7.28. The van der Waals surface area contributed by atoms with Gasteiger partial charge < -0.3 is 15.4 Å². The molecule has 2 N–H and O–H groups in total. The van der Waals surface area contributed by atoms with E-state index in [1.165, 1.54) is 6.42 Å². The second-order valence-corrected chi connectivity index (χ2v) is 5.32. The van der Waals surface area contributed by atoms with E-state index in [9.17, 15) is 0 Å². The van der Waals surface area contributed by atoms with Crippen molar-refractivity contribution in [1.29, 1.82) is 0 Å². The van der Waals surface area contributed by atoms with E-state index in [1.807, 2.05) is 0 Å². The molecule has 2 heterocycles. The quantitative estimate of drug-likeness (QED) is 0.939. The Bertz CT molecular complexity index is 631. The number of nitrogen functional groups attached to an aromatic ring is 1. The Morgan fingerprint density at radius 3 is 2.67 bits per heavy atom. The fourth-order valence-corrected chi connectivity index (χ4v) is 2.46. The number of hydrogen-bond acceptors (Lipinski definition) is 6. The van der Waals surface area contributed by atoms with Crippen molar-refractivity contribution in [3.63, 3.8) is 0 Å². The van der Waals surface area contributed by atoms with Crippen molar-refractivity contribution >= 4 is 23.5 Å². The lowest BCUT2D eigenvalue weighted by Gasteiger charge is -2.26. The van der Waals surface area contributed by atoms with Crippen LogP contribution in [0.2, 0.25) is 5.02 Å². The number of nitrogens with two attached hydrogens (primary N) is 1. The molecule has 3 rings (SSSR count). The van der Waals surface area contributed by atoms with Gasteiger partial charge in [0.15, 0.2) is 0 Å². The van der Waals surface area contributed by atoms with Crippen molar-refractivity contribution in [2.75, 3.05) is 23.7 Å². The number of nitrogens with zero attached hydrogens (tertiary/aromatic N) is 4. The van der Waals surface area contributed by atoms with Gasteiger partial charge in [-0.2, -0.15) is 15.0 Å². The molecule has 6 nitrogen and oxygen atoms in total. The summed E-state index contributed by atoms with van der Waals surface area (Å²) in [6.45, 7) is 1.86. The Balaban J connectivity index is 1.83. The van der Waals surface area contributed by atoms with Gasteiger partial charge >= 0.3 is 6.01 Å². The van der Waals surface area contributed by atoms with Crippen LogP contribution < -0.4 is 15.4 Å². The second-order valence-electron chi connectivity index (χ2n) is 4.88. The molecule has 1 aliphatic heterocycles. The number of piperidine rings is 1. The molecule has 1 fully saturated rings. The zero-order chi connectivity index (χ0) is 14.7. The third-order valence-electron chi connectivity index (χ3n) is 3.26. The number of ether oxygens (including phenoxy) is 1. The highest BCUT2D eigenvalue weighted by molar-refractivity contribution is 6.30. The zero-order valence-corrected chi connectivity index (χ0v) is 12.3. The summed E-state index contributed by atoms with van der Waals surface area (Å²) >= 11 is 5.93. The van der Waals surface area contributed by atoms with E-state index in [0.29, 0.717) is 16.7 Å². The van der Waals surface area contributed by atoms with Crippen molar-refractivity contribution in [2.45, 2.75) is 19.3 Å². The van der Waals surface area contributed by atoms with Crippen LogP contribution in [0.15, 0.2) is 24.3 Å². The van der Waals surface area contributed by atoms with Crippen molar-refractivity contribution < 1.29 is 4.74 Å². The van der Waals surface area contributed by atoms with Crippen molar-refractivity contribution in [3.8, 4) is 11.8 Å². The van der Waals surface area contributed by atoms with Crippen LogP contribution in [0.4, 0.5) is 11.9 Å². The van der Waals surface area contributed by atoms with Crippen molar-refractivity contribution in [2.24, 2.45) is 0 Å². The molecule has 0 unspecified atom stereocenters. The summed E-state index contributed by atoms with van der Waals surface area (Å²) in [6, 6.07) is 7.24. The molecular weight excluding hydrogens is 290 g/mol. The fraction of sp³-hybridized carbons (Fsp3) is 0.357. The standard InChI is InChI=1S/C14H16ClN5O/c15-10-5-4-6-11(9-10)21-14-18-12(16)17-13(19-14)20-7-2-1-3-8-20/h4-6,9H,1-3,7-8H2,(H2,16,17,18,19). The van der Waals surface area contributed by atoms with E-state index < -0.39 is 0 Å². The number of rotatable bonds is 3. The van der Waals surface area contributed by atoms with Gasteiger partial charge in [0, 0.05) is 18.1 Å². The Hall–Kier alpha value is -2.08. The first-order chi connectivity index (χ1) is 10.2. The number of hydrogen-bond donors (Lipinski definition) is 1. The molecule has 0 saturated carbocycles. The molecule has 0 bridgehead atoms. The zero-order valence-electron chi connectivity index (χ0n) is 11.5. The molecule has 0 radical (unpaired) electrons. The molecule has 110 valence electrons. The molecule has 1 aromatic carbocycles. The summed E-state index contributed by atoms with van der Waals surface area (Å²) in [7, 11) is 0. The van der Waals surface area contributed by atoms with Crippen molar-refractivity contribution in [3.05, 3.63) is 29.3 Å². The number of halogens is 1. The van der Waals surface area contributed by atoms with Gasteiger partial charge in [0.25, 0.3) is 0 Å².